The number of anilines is 1. The highest BCUT2D eigenvalue weighted by Gasteiger charge is 2.61. The standard InChI is InChI=1S/C41H53ClN6O9S/c1-8-21-17-41(21,37(51)52)47-35(49)29-15-25(18-48(29)36(50)34(40(4,5)6)46-39(53)57-24-13-22-9-10-23(14-24)55-22)56-31-16-27(28-19-58-38(45-28)43-20(2)3)44-33-26(31)11-12-30(54-7)32(33)42/h11-12,16,19-25,29,34H,8-10,13-15,17-18H2,1-7H3,(H,43,45)(H,46,53)(H,47,49)(H,51,52)/t21-,22-,23+,24-,25-,29+,34-,41-/m1/s1. The van der Waals surface area contributed by atoms with Gasteiger partial charge in [0.1, 0.15) is 52.0 Å². The van der Waals surface area contributed by atoms with E-state index in [1.165, 1.54) is 23.3 Å². The Morgan fingerprint density at radius 3 is 2.41 bits per heavy atom. The number of alkyl carbamates (subject to hydrolysis) is 1. The summed E-state index contributed by atoms with van der Waals surface area (Å²) in [6, 6.07) is 3.21. The number of amides is 3. The van der Waals surface area contributed by atoms with E-state index in [1.54, 1.807) is 18.2 Å². The minimum absolute atomic E-state index is 0.0387. The number of thiazole rings is 1. The van der Waals surface area contributed by atoms with Crippen molar-refractivity contribution in [1.29, 1.82) is 0 Å². The third-order valence-corrected chi connectivity index (χ3v) is 12.7. The number of likely N-dealkylation sites (tertiary alicyclic amines) is 1. The summed E-state index contributed by atoms with van der Waals surface area (Å²) in [7, 11) is 1.51. The molecule has 15 nitrogen and oxygen atoms in total. The monoisotopic (exact) mass is 840 g/mol. The zero-order valence-corrected chi connectivity index (χ0v) is 35.5. The summed E-state index contributed by atoms with van der Waals surface area (Å²) in [5, 5.41) is 22.6. The largest absolute Gasteiger partial charge is 0.495 e. The Labute approximate surface area is 346 Å². The number of ether oxygens (including phenoxy) is 4. The number of hydrogen-bond donors (Lipinski definition) is 4. The fourth-order valence-corrected chi connectivity index (χ4v) is 9.61. The van der Waals surface area contributed by atoms with E-state index in [2.05, 4.69) is 16.0 Å². The number of hydrogen-bond acceptors (Lipinski definition) is 12. The minimum atomic E-state index is -1.42. The third kappa shape index (κ3) is 8.51. The molecule has 0 spiro atoms. The minimum Gasteiger partial charge on any atom is -0.495 e. The molecule has 1 saturated carbocycles. The van der Waals surface area contributed by atoms with Crippen LogP contribution in [0.1, 0.15) is 86.5 Å². The van der Waals surface area contributed by atoms with E-state index < -0.39 is 53.0 Å². The van der Waals surface area contributed by atoms with Crippen LogP contribution in [0.5, 0.6) is 11.5 Å². The molecule has 3 amide bonds. The first kappa shape index (κ1) is 41.7. The molecule has 17 heteroatoms. The van der Waals surface area contributed by atoms with E-state index in [1.807, 2.05) is 46.9 Å². The van der Waals surface area contributed by atoms with Crippen molar-refractivity contribution >= 4 is 62.8 Å². The molecule has 2 bridgehead atoms. The number of aliphatic carboxylic acids is 1. The van der Waals surface area contributed by atoms with Gasteiger partial charge in [-0.25, -0.2) is 19.6 Å². The SMILES string of the molecule is CC[C@@H]1C[C@]1(NC(=O)[C@@H]1C[C@@H](Oc2cc(-c3csc(NC(C)C)n3)nc3c(Cl)c(OC)ccc23)CN1C(=O)[C@@H](NC(=O)O[C@@H]1C[C@H]2CC[C@@H](C1)O2)C(C)(C)C)C(=O)O. The van der Waals surface area contributed by atoms with E-state index in [0.29, 0.717) is 53.1 Å². The summed E-state index contributed by atoms with van der Waals surface area (Å²) in [5.74, 6) is -1.67. The summed E-state index contributed by atoms with van der Waals surface area (Å²) >= 11 is 8.26. The van der Waals surface area contributed by atoms with Gasteiger partial charge in [0.25, 0.3) is 0 Å². The lowest BCUT2D eigenvalue weighted by atomic mass is 9.85. The molecular weight excluding hydrogens is 788 g/mol. The summed E-state index contributed by atoms with van der Waals surface area (Å²) < 4.78 is 24.0. The Bertz CT molecular complexity index is 2060. The number of carboxylic acids is 1. The highest BCUT2D eigenvalue weighted by atomic mass is 35.5. The van der Waals surface area contributed by atoms with Crippen LogP contribution in [0.3, 0.4) is 0 Å². The number of pyridine rings is 1. The summed E-state index contributed by atoms with van der Waals surface area (Å²) in [5.41, 5.74) is -0.735. The van der Waals surface area contributed by atoms with Gasteiger partial charge in [-0.15, -0.1) is 11.3 Å². The van der Waals surface area contributed by atoms with E-state index >= 15 is 0 Å². The van der Waals surface area contributed by atoms with Crippen molar-refractivity contribution in [2.45, 2.75) is 135 Å². The zero-order valence-electron chi connectivity index (χ0n) is 33.9. The van der Waals surface area contributed by atoms with Gasteiger partial charge in [0.05, 0.1) is 37.1 Å². The number of methoxy groups -OCH3 is 1. The van der Waals surface area contributed by atoms with Crippen molar-refractivity contribution in [2.24, 2.45) is 11.3 Å². The van der Waals surface area contributed by atoms with E-state index in [-0.39, 0.29) is 54.7 Å². The summed E-state index contributed by atoms with van der Waals surface area (Å²) in [4.78, 5) is 65.9. The van der Waals surface area contributed by atoms with Crippen LogP contribution in [-0.4, -0.2) is 106 Å². The number of rotatable bonds is 13. The Hall–Kier alpha value is -4.41. The van der Waals surface area contributed by atoms with Crippen LogP contribution >= 0.6 is 22.9 Å². The van der Waals surface area contributed by atoms with Gasteiger partial charge in [-0.3, -0.25) is 9.59 Å². The molecule has 58 heavy (non-hydrogen) atoms. The topological polar surface area (TPSA) is 191 Å². The lowest BCUT2D eigenvalue weighted by molar-refractivity contribution is -0.146. The Balaban J connectivity index is 1.19. The number of fused-ring (bicyclic) bond motifs is 3. The van der Waals surface area contributed by atoms with Gasteiger partial charge >= 0.3 is 12.1 Å². The molecule has 1 aliphatic carbocycles. The van der Waals surface area contributed by atoms with Gasteiger partial charge in [0.2, 0.25) is 11.8 Å². The number of carboxylic acid groups (broad SMARTS) is 1. The highest BCUT2D eigenvalue weighted by molar-refractivity contribution is 7.14. The zero-order chi connectivity index (χ0) is 41.7. The normalized spacial score (nSPS) is 26.9. The molecule has 0 unspecified atom stereocenters. The second-order valence-electron chi connectivity index (χ2n) is 17.3. The smallest absolute Gasteiger partial charge is 0.408 e. The molecule has 3 aromatic rings. The first-order chi connectivity index (χ1) is 27.5. The molecule has 1 aromatic carbocycles. The molecule has 0 radical (unpaired) electrons. The van der Waals surface area contributed by atoms with Crippen molar-refractivity contribution in [3.8, 4) is 22.9 Å². The fourth-order valence-electron chi connectivity index (χ4n) is 8.47. The van der Waals surface area contributed by atoms with Crippen LogP contribution in [0.4, 0.5) is 9.93 Å². The van der Waals surface area contributed by atoms with Gasteiger partial charge in [-0.2, -0.15) is 0 Å². The lowest BCUT2D eigenvalue weighted by Gasteiger charge is -2.36. The van der Waals surface area contributed by atoms with Crippen molar-refractivity contribution < 1.29 is 43.2 Å². The molecule has 2 aromatic heterocycles. The van der Waals surface area contributed by atoms with Crippen LogP contribution in [-0.2, 0) is 23.9 Å². The molecule has 3 aliphatic heterocycles. The van der Waals surface area contributed by atoms with Crippen molar-refractivity contribution in [1.82, 2.24) is 25.5 Å². The Morgan fingerprint density at radius 2 is 1.79 bits per heavy atom. The molecule has 5 heterocycles. The fraction of sp³-hybridized carbons (Fsp3) is 0.610. The quantitative estimate of drug-likeness (QED) is 0.148. The van der Waals surface area contributed by atoms with E-state index in [4.69, 9.17) is 40.5 Å². The van der Waals surface area contributed by atoms with Crippen molar-refractivity contribution in [3.63, 3.8) is 0 Å². The lowest BCUT2D eigenvalue weighted by Crippen LogP contribution is -2.59. The van der Waals surface area contributed by atoms with Crippen molar-refractivity contribution in [3.05, 3.63) is 28.6 Å². The van der Waals surface area contributed by atoms with E-state index in [0.717, 1.165) is 18.0 Å². The predicted octanol–water partition coefficient (Wildman–Crippen LogP) is 6.41. The second-order valence-corrected chi connectivity index (χ2v) is 18.5. The van der Waals surface area contributed by atoms with Gasteiger partial charge < -0.3 is 44.9 Å². The summed E-state index contributed by atoms with van der Waals surface area (Å²) in [6.07, 6.45) is 2.26. The number of benzene rings is 1. The highest BCUT2D eigenvalue weighted by Crippen LogP contribution is 2.47. The molecule has 8 atom stereocenters. The van der Waals surface area contributed by atoms with Crippen LogP contribution in [0.2, 0.25) is 5.02 Å². The predicted molar refractivity (Wildman–Crippen MR) is 218 cm³/mol. The number of halogens is 1. The maximum atomic E-state index is 14.8. The molecule has 4 fully saturated rings. The number of nitrogens with zero attached hydrogens (tertiary/aromatic N) is 3. The average molecular weight is 841 g/mol. The third-order valence-electron chi connectivity index (χ3n) is 11.6. The first-order valence-corrected chi connectivity index (χ1v) is 21.3. The van der Waals surface area contributed by atoms with Crippen LogP contribution in [0.15, 0.2) is 23.6 Å². The number of carbonyl (C=O) groups is 4. The molecule has 3 saturated heterocycles. The van der Waals surface area contributed by atoms with Gasteiger partial charge in [-0.05, 0) is 56.6 Å². The maximum absolute atomic E-state index is 14.8. The molecule has 314 valence electrons. The molecule has 4 aliphatic rings. The van der Waals surface area contributed by atoms with Crippen LogP contribution < -0.4 is 25.4 Å². The van der Waals surface area contributed by atoms with E-state index in [9.17, 15) is 24.3 Å². The van der Waals surface area contributed by atoms with Gasteiger partial charge in [0.15, 0.2) is 5.13 Å². The molecule has 4 N–H and O–H groups in total. The second kappa shape index (κ2) is 16.3. The van der Waals surface area contributed by atoms with Gasteiger partial charge in [-0.1, -0.05) is 45.7 Å². The molecular formula is C41H53ClN6O9S. The van der Waals surface area contributed by atoms with Crippen LogP contribution in [0.25, 0.3) is 22.3 Å². The molecule has 7 rings (SSSR count). The van der Waals surface area contributed by atoms with Gasteiger partial charge in [0, 0.05) is 42.1 Å². The number of aromatic nitrogens is 2. The number of carbonyl (C=O) groups excluding carboxylic acids is 3. The summed E-state index contributed by atoms with van der Waals surface area (Å²) in [6.45, 7) is 11.3. The first-order valence-electron chi connectivity index (χ1n) is 20.0. The number of nitrogens with one attached hydrogen (secondary N) is 3. The van der Waals surface area contributed by atoms with Crippen molar-refractivity contribution in [2.75, 3.05) is 19.0 Å². The van der Waals surface area contributed by atoms with Crippen LogP contribution in [0, 0.1) is 11.3 Å². The Morgan fingerprint density at radius 1 is 1.07 bits per heavy atom. The Kier molecular flexibility index (Phi) is 11.7. The average Bonchev–Trinajstić information content (AvgIpc) is 3.42. The maximum Gasteiger partial charge on any atom is 0.408 e.